The van der Waals surface area contributed by atoms with Crippen LogP contribution in [0.1, 0.15) is 0 Å². The van der Waals surface area contributed by atoms with Gasteiger partial charge in [0.2, 0.25) is 0 Å². The molecule has 2 nitrogen and oxygen atoms in total. The van der Waals surface area contributed by atoms with Gasteiger partial charge in [-0.25, -0.2) is 0 Å². The monoisotopic (exact) mass is 586 g/mol. The van der Waals surface area contributed by atoms with Crippen LogP contribution in [0.3, 0.4) is 0 Å². The standard InChI is InChI=1S/C44H26O2/c1-2-13-28(14-3-1)44-43(37-25-36-31-16-10-11-21-38(31)45-39(36)26-40(37)46-44)42-34-19-8-6-17-32(34)41(33-18-7-9-20-35(33)42)30-23-22-27-12-4-5-15-29(27)24-30/h1-26H. The van der Waals surface area contributed by atoms with Crippen molar-refractivity contribution >= 4 is 65.2 Å². The Bertz CT molecular complexity index is 2740. The van der Waals surface area contributed by atoms with Gasteiger partial charge in [0.1, 0.15) is 22.5 Å². The van der Waals surface area contributed by atoms with E-state index < -0.39 is 0 Å². The number of benzene rings is 8. The fourth-order valence-electron chi connectivity index (χ4n) is 7.41. The Hall–Kier alpha value is -6.12. The van der Waals surface area contributed by atoms with Crippen molar-refractivity contribution in [3.63, 3.8) is 0 Å². The quantitative estimate of drug-likeness (QED) is 0.193. The summed E-state index contributed by atoms with van der Waals surface area (Å²) < 4.78 is 13.1. The molecule has 2 aromatic heterocycles. The highest BCUT2D eigenvalue weighted by molar-refractivity contribution is 6.26. The lowest BCUT2D eigenvalue weighted by Gasteiger charge is -2.18. The smallest absolute Gasteiger partial charge is 0.143 e. The highest BCUT2D eigenvalue weighted by atomic mass is 16.3. The minimum atomic E-state index is 0.812. The van der Waals surface area contributed by atoms with Crippen molar-refractivity contribution in [1.82, 2.24) is 0 Å². The molecule has 0 aliphatic rings. The van der Waals surface area contributed by atoms with E-state index in [-0.39, 0.29) is 0 Å². The molecule has 10 aromatic rings. The van der Waals surface area contributed by atoms with Gasteiger partial charge in [0.25, 0.3) is 0 Å². The number of hydrogen-bond donors (Lipinski definition) is 0. The maximum Gasteiger partial charge on any atom is 0.143 e. The fraction of sp³-hybridized carbons (Fsp3) is 0. The number of fused-ring (bicyclic) bond motifs is 7. The van der Waals surface area contributed by atoms with E-state index in [1.54, 1.807) is 0 Å². The van der Waals surface area contributed by atoms with Crippen molar-refractivity contribution in [2.24, 2.45) is 0 Å². The summed E-state index contributed by atoms with van der Waals surface area (Å²) in [5.41, 5.74) is 8.31. The summed E-state index contributed by atoms with van der Waals surface area (Å²) in [6.07, 6.45) is 0. The average molecular weight is 587 g/mol. The summed E-state index contributed by atoms with van der Waals surface area (Å²) in [4.78, 5) is 0. The minimum Gasteiger partial charge on any atom is -0.456 e. The lowest BCUT2D eigenvalue weighted by atomic mass is 9.84. The molecule has 0 saturated heterocycles. The zero-order chi connectivity index (χ0) is 30.2. The van der Waals surface area contributed by atoms with E-state index in [1.165, 1.54) is 49.0 Å². The highest BCUT2D eigenvalue weighted by Gasteiger charge is 2.25. The van der Waals surface area contributed by atoms with Gasteiger partial charge in [-0.15, -0.1) is 0 Å². The first-order valence-corrected chi connectivity index (χ1v) is 15.7. The fourth-order valence-corrected chi connectivity index (χ4v) is 7.41. The Morgan fingerprint density at radius 1 is 0.283 bits per heavy atom. The van der Waals surface area contributed by atoms with Crippen LogP contribution in [-0.2, 0) is 0 Å². The first-order chi connectivity index (χ1) is 22.8. The van der Waals surface area contributed by atoms with Crippen LogP contribution < -0.4 is 0 Å². The summed E-state index contributed by atoms with van der Waals surface area (Å²) in [6.45, 7) is 0. The van der Waals surface area contributed by atoms with Gasteiger partial charge >= 0.3 is 0 Å². The third kappa shape index (κ3) is 3.65. The second-order valence-corrected chi connectivity index (χ2v) is 12.0. The van der Waals surface area contributed by atoms with Gasteiger partial charge < -0.3 is 8.83 Å². The van der Waals surface area contributed by atoms with E-state index in [9.17, 15) is 0 Å². The van der Waals surface area contributed by atoms with Gasteiger partial charge in [-0.3, -0.25) is 0 Å². The predicted octanol–water partition coefficient (Wildman–Crippen LogP) is 12.8. The van der Waals surface area contributed by atoms with E-state index in [2.05, 4.69) is 140 Å². The van der Waals surface area contributed by atoms with Crippen LogP contribution in [0.4, 0.5) is 0 Å². The van der Waals surface area contributed by atoms with E-state index in [1.807, 2.05) is 18.2 Å². The summed E-state index contributed by atoms with van der Waals surface area (Å²) in [7, 11) is 0. The van der Waals surface area contributed by atoms with E-state index >= 15 is 0 Å². The first kappa shape index (κ1) is 25.2. The summed E-state index contributed by atoms with van der Waals surface area (Å²) in [5.74, 6) is 0.862. The molecule has 0 unspecified atom stereocenters. The Balaban J connectivity index is 1.38. The number of rotatable bonds is 3. The second-order valence-electron chi connectivity index (χ2n) is 12.0. The zero-order valence-electron chi connectivity index (χ0n) is 24.8. The Morgan fingerprint density at radius 2 is 0.870 bits per heavy atom. The highest BCUT2D eigenvalue weighted by Crippen LogP contribution is 2.50. The molecule has 8 aromatic carbocycles. The molecule has 0 N–H and O–H groups in total. The maximum atomic E-state index is 6.84. The van der Waals surface area contributed by atoms with E-state index in [0.717, 1.165) is 49.8 Å². The third-order valence-electron chi connectivity index (χ3n) is 9.44. The Morgan fingerprint density at radius 3 is 1.61 bits per heavy atom. The lowest BCUT2D eigenvalue weighted by molar-refractivity contribution is 0.629. The summed E-state index contributed by atoms with van der Waals surface area (Å²) in [6, 6.07) is 56.1. The van der Waals surface area contributed by atoms with Gasteiger partial charge in [0.15, 0.2) is 0 Å². The molecule has 10 rings (SSSR count). The van der Waals surface area contributed by atoms with E-state index in [0.29, 0.717) is 0 Å². The SMILES string of the molecule is c1ccc(-c2oc3cc4oc5ccccc5c4cc3c2-c2c3ccccc3c(-c3ccc4ccccc4c3)c3ccccc23)cc1. The van der Waals surface area contributed by atoms with Gasteiger partial charge in [-0.1, -0.05) is 133 Å². The van der Waals surface area contributed by atoms with Crippen LogP contribution >= 0.6 is 0 Å². The normalized spacial score (nSPS) is 11.9. The summed E-state index contributed by atoms with van der Waals surface area (Å²) >= 11 is 0. The molecule has 2 heteroatoms. The van der Waals surface area contributed by atoms with Gasteiger partial charge in [0.05, 0.1) is 0 Å². The van der Waals surface area contributed by atoms with Crippen molar-refractivity contribution in [3.8, 4) is 33.6 Å². The molecule has 2 heterocycles. The predicted molar refractivity (Wildman–Crippen MR) is 192 cm³/mol. The van der Waals surface area contributed by atoms with Crippen LogP contribution in [0.15, 0.2) is 167 Å². The zero-order valence-corrected chi connectivity index (χ0v) is 24.8. The molecule has 0 spiro atoms. The van der Waals surface area contributed by atoms with Crippen molar-refractivity contribution in [2.45, 2.75) is 0 Å². The van der Waals surface area contributed by atoms with Gasteiger partial charge in [-0.05, 0) is 61.6 Å². The molecule has 0 amide bonds. The van der Waals surface area contributed by atoms with Gasteiger partial charge in [-0.2, -0.15) is 0 Å². The minimum absolute atomic E-state index is 0.812. The summed E-state index contributed by atoms with van der Waals surface area (Å²) in [5, 5.41) is 10.6. The molecule has 0 atom stereocenters. The molecule has 0 saturated carbocycles. The van der Waals surface area contributed by atoms with Crippen molar-refractivity contribution in [2.75, 3.05) is 0 Å². The van der Waals surface area contributed by atoms with Gasteiger partial charge in [0, 0.05) is 38.9 Å². The number of para-hydroxylation sites is 1. The molecule has 0 bridgehead atoms. The van der Waals surface area contributed by atoms with E-state index in [4.69, 9.17) is 8.83 Å². The van der Waals surface area contributed by atoms with Crippen molar-refractivity contribution < 1.29 is 8.83 Å². The topological polar surface area (TPSA) is 26.3 Å². The Kier molecular flexibility index (Phi) is 5.31. The van der Waals surface area contributed by atoms with Crippen LogP contribution in [0, 0.1) is 0 Å². The molecular weight excluding hydrogens is 560 g/mol. The molecule has 0 radical (unpaired) electrons. The third-order valence-corrected chi connectivity index (χ3v) is 9.44. The van der Waals surface area contributed by atoms with Crippen LogP contribution in [0.5, 0.6) is 0 Å². The molecular formula is C44H26O2. The molecule has 214 valence electrons. The molecule has 0 fully saturated rings. The second kappa shape index (κ2) is 9.69. The molecule has 0 aliphatic carbocycles. The van der Waals surface area contributed by atoms with Crippen molar-refractivity contribution in [3.05, 3.63) is 158 Å². The largest absolute Gasteiger partial charge is 0.456 e. The van der Waals surface area contributed by atoms with Crippen LogP contribution in [0.25, 0.3) is 98.8 Å². The average Bonchev–Trinajstić information content (AvgIpc) is 3.67. The maximum absolute atomic E-state index is 6.84. The van der Waals surface area contributed by atoms with Crippen LogP contribution in [-0.4, -0.2) is 0 Å². The molecule has 0 aliphatic heterocycles. The molecule has 46 heavy (non-hydrogen) atoms. The lowest BCUT2D eigenvalue weighted by Crippen LogP contribution is -1.91. The Labute approximate surface area is 264 Å². The van der Waals surface area contributed by atoms with Crippen LogP contribution in [0.2, 0.25) is 0 Å². The number of hydrogen-bond acceptors (Lipinski definition) is 2. The van der Waals surface area contributed by atoms with Crippen molar-refractivity contribution in [1.29, 1.82) is 0 Å². The number of furan rings is 2. The first-order valence-electron chi connectivity index (χ1n) is 15.7.